The first-order chi connectivity index (χ1) is 11.2. The molecule has 3 rings (SSSR count). The van der Waals surface area contributed by atoms with Gasteiger partial charge in [0.05, 0.1) is 13.0 Å². The van der Waals surface area contributed by atoms with Crippen molar-refractivity contribution in [3.8, 4) is 11.5 Å². The standard InChI is InChI=1S/C18H17NO4/c1-22-18(21)13-10-17(20)19(12-13)14-6-5-9-16(11-14)23-15-7-3-2-4-8-15/h2-9,11,13H,10,12H2,1H3. The molecule has 1 atom stereocenters. The number of benzene rings is 2. The summed E-state index contributed by atoms with van der Waals surface area (Å²) < 4.78 is 10.5. The first-order valence-corrected chi connectivity index (χ1v) is 7.38. The molecule has 0 N–H and O–H groups in total. The van der Waals surface area contributed by atoms with E-state index in [9.17, 15) is 9.59 Å². The van der Waals surface area contributed by atoms with Gasteiger partial charge in [-0.3, -0.25) is 9.59 Å². The molecule has 1 amide bonds. The van der Waals surface area contributed by atoms with E-state index in [1.54, 1.807) is 11.0 Å². The molecule has 0 aliphatic carbocycles. The van der Waals surface area contributed by atoms with E-state index < -0.39 is 5.92 Å². The fourth-order valence-corrected chi connectivity index (χ4v) is 2.62. The van der Waals surface area contributed by atoms with Crippen molar-refractivity contribution in [3.63, 3.8) is 0 Å². The van der Waals surface area contributed by atoms with Crippen LogP contribution in [0.4, 0.5) is 5.69 Å². The molecular formula is C18H17NO4. The van der Waals surface area contributed by atoms with Gasteiger partial charge in [0, 0.05) is 24.7 Å². The lowest BCUT2D eigenvalue weighted by Gasteiger charge is -2.17. The van der Waals surface area contributed by atoms with Crippen LogP contribution >= 0.6 is 0 Å². The van der Waals surface area contributed by atoms with Crippen molar-refractivity contribution in [3.05, 3.63) is 54.6 Å². The first-order valence-electron chi connectivity index (χ1n) is 7.38. The Labute approximate surface area is 134 Å². The van der Waals surface area contributed by atoms with Crippen molar-refractivity contribution in [2.45, 2.75) is 6.42 Å². The summed E-state index contributed by atoms with van der Waals surface area (Å²) in [4.78, 5) is 25.4. The number of carbonyl (C=O) groups excluding carboxylic acids is 2. The lowest BCUT2D eigenvalue weighted by Crippen LogP contribution is -2.26. The number of hydrogen-bond acceptors (Lipinski definition) is 4. The molecule has 23 heavy (non-hydrogen) atoms. The van der Waals surface area contributed by atoms with Gasteiger partial charge in [-0.15, -0.1) is 0 Å². The second kappa shape index (κ2) is 6.52. The van der Waals surface area contributed by atoms with Crippen LogP contribution in [0.5, 0.6) is 11.5 Å². The molecule has 0 bridgehead atoms. The molecule has 1 aliphatic rings. The summed E-state index contributed by atoms with van der Waals surface area (Å²) in [6, 6.07) is 16.7. The summed E-state index contributed by atoms with van der Waals surface area (Å²) >= 11 is 0. The second-order valence-electron chi connectivity index (χ2n) is 5.34. The smallest absolute Gasteiger partial charge is 0.311 e. The van der Waals surface area contributed by atoms with Crippen LogP contribution in [0.25, 0.3) is 0 Å². The number of nitrogens with zero attached hydrogens (tertiary/aromatic N) is 1. The molecule has 2 aromatic rings. The SMILES string of the molecule is COC(=O)C1CC(=O)N(c2cccc(Oc3ccccc3)c2)C1. The molecule has 1 saturated heterocycles. The van der Waals surface area contributed by atoms with E-state index in [1.165, 1.54) is 7.11 Å². The van der Waals surface area contributed by atoms with Gasteiger partial charge in [0.15, 0.2) is 0 Å². The van der Waals surface area contributed by atoms with Gasteiger partial charge in [-0.05, 0) is 24.3 Å². The fourth-order valence-electron chi connectivity index (χ4n) is 2.62. The molecule has 1 aliphatic heterocycles. The Morgan fingerprint density at radius 3 is 2.57 bits per heavy atom. The zero-order valence-electron chi connectivity index (χ0n) is 12.8. The van der Waals surface area contributed by atoms with Gasteiger partial charge in [0.1, 0.15) is 11.5 Å². The number of ether oxygens (including phenoxy) is 2. The van der Waals surface area contributed by atoms with Gasteiger partial charge in [0.25, 0.3) is 0 Å². The Balaban J connectivity index is 1.77. The maximum Gasteiger partial charge on any atom is 0.311 e. The van der Waals surface area contributed by atoms with Gasteiger partial charge < -0.3 is 14.4 Å². The van der Waals surface area contributed by atoms with E-state index in [-0.39, 0.29) is 18.3 Å². The molecule has 0 radical (unpaired) electrons. The van der Waals surface area contributed by atoms with Crippen LogP contribution in [-0.2, 0) is 14.3 Å². The van der Waals surface area contributed by atoms with Gasteiger partial charge in [-0.2, -0.15) is 0 Å². The monoisotopic (exact) mass is 311 g/mol. The third kappa shape index (κ3) is 3.34. The number of rotatable bonds is 4. The third-order valence-electron chi connectivity index (χ3n) is 3.77. The molecule has 2 aromatic carbocycles. The van der Waals surface area contributed by atoms with E-state index in [1.807, 2.05) is 48.5 Å². The van der Waals surface area contributed by atoms with Gasteiger partial charge >= 0.3 is 5.97 Å². The highest BCUT2D eigenvalue weighted by Crippen LogP contribution is 2.30. The van der Waals surface area contributed by atoms with Gasteiger partial charge in [-0.1, -0.05) is 24.3 Å². The van der Waals surface area contributed by atoms with Crippen LogP contribution in [-0.4, -0.2) is 25.5 Å². The highest BCUT2D eigenvalue weighted by atomic mass is 16.5. The van der Waals surface area contributed by atoms with Crippen molar-refractivity contribution in [2.75, 3.05) is 18.6 Å². The molecule has 118 valence electrons. The average molecular weight is 311 g/mol. The number of amides is 1. The Morgan fingerprint density at radius 2 is 1.83 bits per heavy atom. The van der Waals surface area contributed by atoms with E-state index >= 15 is 0 Å². The van der Waals surface area contributed by atoms with Crippen LogP contribution < -0.4 is 9.64 Å². The first kappa shape index (κ1) is 15.1. The molecule has 1 unspecified atom stereocenters. The molecule has 0 spiro atoms. The lowest BCUT2D eigenvalue weighted by molar-refractivity contribution is -0.145. The molecule has 5 nitrogen and oxygen atoms in total. The quantitative estimate of drug-likeness (QED) is 0.815. The van der Waals surface area contributed by atoms with E-state index in [0.29, 0.717) is 12.3 Å². The van der Waals surface area contributed by atoms with Crippen LogP contribution in [0, 0.1) is 5.92 Å². The number of anilines is 1. The van der Waals surface area contributed by atoms with Crippen molar-refractivity contribution >= 4 is 17.6 Å². The minimum Gasteiger partial charge on any atom is -0.469 e. The highest BCUT2D eigenvalue weighted by molar-refractivity contribution is 5.99. The molecule has 0 saturated carbocycles. The minimum absolute atomic E-state index is 0.0859. The van der Waals surface area contributed by atoms with Crippen molar-refractivity contribution in [1.82, 2.24) is 0 Å². The van der Waals surface area contributed by atoms with Crippen molar-refractivity contribution in [1.29, 1.82) is 0 Å². The summed E-state index contributed by atoms with van der Waals surface area (Å²) in [6.45, 7) is 0.334. The normalized spacial score (nSPS) is 17.2. The Morgan fingerprint density at radius 1 is 1.09 bits per heavy atom. The topological polar surface area (TPSA) is 55.8 Å². The fraction of sp³-hybridized carbons (Fsp3) is 0.222. The Kier molecular flexibility index (Phi) is 4.28. The number of para-hydroxylation sites is 1. The minimum atomic E-state index is -0.411. The second-order valence-corrected chi connectivity index (χ2v) is 5.34. The Hall–Kier alpha value is -2.82. The summed E-state index contributed by atoms with van der Waals surface area (Å²) in [6.07, 6.45) is 0.177. The lowest BCUT2D eigenvalue weighted by atomic mass is 10.1. The molecule has 1 heterocycles. The molecule has 1 fully saturated rings. The third-order valence-corrected chi connectivity index (χ3v) is 3.77. The number of carbonyl (C=O) groups is 2. The van der Waals surface area contributed by atoms with E-state index in [2.05, 4.69) is 0 Å². The van der Waals surface area contributed by atoms with Crippen molar-refractivity contribution in [2.24, 2.45) is 5.92 Å². The van der Waals surface area contributed by atoms with Crippen LogP contribution in [0.15, 0.2) is 54.6 Å². The predicted octanol–water partition coefficient (Wildman–Crippen LogP) is 3.00. The highest BCUT2D eigenvalue weighted by Gasteiger charge is 2.35. The van der Waals surface area contributed by atoms with Gasteiger partial charge in [-0.25, -0.2) is 0 Å². The van der Waals surface area contributed by atoms with Crippen LogP contribution in [0.2, 0.25) is 0 Å². The molecule has 5 heteroatoms. The molecule has 0 aromatic heterocycles. The van der Waals surface area contributed by atoms with Gasteiger partial charge in [0.2, 0.25) is 5.91 Å². The zero-order chi connectivity index (χ0) is 16.2. The Bertz CT molecular complexity index is 714. The summed E-state index contributed by atoms with van der Waals surface area (Å²) in [7, 11) is 1.34. The van der Waals surface area contributed by atoms with Crippen LogP contribution in [0.1, 0.15) is 6.42 Å². The van der Waals surface area contributed by atoms with Crippen LogP contribution in [0.3, 0.4) is 0 Å². The number of hydrogen-bond donors (Lipinski definition) is 0. The molecular weight excluding hydrogens is 294 g/mol. The van der Waals surface area contributed by atoms with Crippen molar-refractivity contribution < 1.29 is 19.1 Å². The maximum absolute atomic E-state index is 12.2. The van der Waals surface area contributed by atoms with E-state index in [0.717, 1.165) is 11.4 Å². The largest absolute Gasteiger partial charge is 0.469 e. The summed E-state index contributed by atoms with van der Waals surface area (Å²) in [5, 5.41) is 0. The zero-order valence-corrected chi connectivity index (χ0v) is 12.8. The summed E-state index contributed by atoms with van der Waals surface area (Å²) in [5.74, 6) is 0.522. The maximum atomic E-state index is 12.2. The predicted molar refractivity (Wildman–Crippen MR) is 85.4 cm³/mol. The number of methoxy groups -OCH3 is 1. The summed E-state index contributed by atoms with van der Waals surface area (Å²) in [5.41, 5.74) is 0.717. The average Bonchev–Trinajstić information content (AvgIpc) is 2.97. The number of esters is 1. The van der Waals surface area contributed by atoms with E-state index in [4.69, 9.17) is 9.47 Å².